The van der Waals surface area contributed by atoms with E-state index < -0.39 is 0 Å². The molecule has 0 fully saturated rings. The van der Waals surface area contributed by atoms with Crippen LogP contribution in [0.1, 0.15) is 23.4 Å². The molecule has 0 saturated heterocycles. The van der Waals surface area contributed by atoms with E-state index in [2.05, 4.69) is 9.88 Å². The Labute approximate surface area is 88.9 Å². The number of hydrogen-bond donors (Lipinski definition) is 1. The molecule has 0 radical (unpaired) electrons. The average Bonchev–Trinajstić information content (AvgIpc) is 2.65. The fraction of sp³-hybridized carbons (Fsp3) is 0.700. The van der Waals surface area contributed by atoms with Crippen LogP contribution in [0.2, 0.25) is 0 Å². The van der Waals surface area contributed by atoms with Crippen LogP contribution in [0.4, 0.5) is 0 Å². The van der Waals surface area contributed by atoms with Crippen molar-refractivity contribution in [1.29, 1.82) is 0 Å². The number of rotatable bonds is 4. The highest BCUT2D eigenvalue weighted by Crippen LogP contribution is 2.21. The van der Waals surface area contributed by atoms with Gasteiger partial charge in [-0.15, -0.1) is 11.3 Å². The van der Waals surface area contributed by atoms with Crippen LogP contribution in [0.25, 0.3) is 0 Å². The first-order valence-corrected chi connectivity index (χ1v) is 6.12. The van der Waals surface area contributed by atoms with Gasteiger partial charge in [0.1, 0.15) is 0 Å². The van der Waals surface area contributed by atoms with E-state index in [4.69, 9.17) is 5.73 Å². The van der Waals surface area contributed by atoms with E-state index >= 15 is 0 Å². The molecule has 0 spiro atoms. The third-order valence-electron chi connectivity index (χ3n) is 2.69. The minimum atomic E-state index is 0.819. The van der Waals surface area contributed by atoms with Gasteiger partial charge in [-0.1, -0.05) is 0 Å². The molecule has 78 valence electrons. The summed E-state index contributed by atoms with van der Waals surface area (Å²) < 4.78 is 0. The Kier molecular flexibility index (Phi) is 3.50. The molecule has 3 nitrogen and oxygen atoms in total. The predicted octanol–water partition coefficient (Wildman–Crippen LogP) is 1.24. The number of nitrogens with two attached hydrogens (primary N) is 1. The largest absolute Gasteiger partial charge is 0.330 e. The Morgan fingerprint density at radius 3 is 3.29 bits per heavy atom. The van der Waals surface area contributed by atoms with Crippen LogP contribution in [0.3, 0.4) is 0 Å². The second-order valence-electron chi connectivity index (χ2n) is 3.74. The first-order chi connectivity index (χ1) is 6.90. The summed E-state index contributed by atoms with van der Waals surface area (Å²) in [5.74, 6) is 0. The average molecular weight is 211 g/mol. The standard InChI is InChI=1S/C10H17N3S/c11-4-1-2-5-13-6-3-9-10(7-13)14-8-12-9/h8H,1-7,11H2. The summed E-state index contributed by atoms with van der Waals surface area (Å²) in [5.41, 5.74) is 8.77. The topological polar surface area (TPSA) is 42.1 Å². The Morgan fingerprint density at radius 2 is 2.43 bits per heavy atom. The van der Waals surface area contributed by atoms with E-state index in [1.165, 1.54) is 30.1 Å². The van der Waals surface area contributed by atoms with Crippen LogP contribution in [0, 0.1) is 0 Å². The van der Waals surface area contributed by atoms with Gasteiger partial charge < -0.3 is 5.73 Å². The lowest BCUT2D eigenvalue weighted by molar-refractivity contribution is 0.251. The quantitative estimate of drug-likeness (QED) is 0.762. The highest BCUT2D eigenvalue weighted by Gasteiger charge is 2.17. The number of unbranched alkanes of at least 4 members (excludes halogenated alkanes) is 1. The molecule has 0 amide bonds. The maximum absolute atomic E-state index is 5.48. The van der Waals surface area contributed by atoms with Crippen molar-refractivity contribution in [3.8, 4) is 0 Å². The van der Waals surface area contributed by atoms with E-state index in [0.29, 0.717) is 0 Å². The molecule has 2 N–H and O–H groups in total. The predicted molar refractivity (Wildman–Crippen MR) is 59.4 cm³/mol. The van der Waals surface area contributed by atoms with Gasteiger partial charge in [0.05, 0.1) is 11.2 Å². The zero-order valence-corrected chi connectivity index (χ0v) is 9.22. The van der Waals surface area contributed by atoms with Crippen LogP contribution in [-0.4, -0.2) is 29.5 Å². The maximum atomic E-state index is 5.48. The second kappa shape index (κ2) is 4.87. The molecule has 0 aliphatic carbocycles. The second-order valence-corrected chi connectivity index (χ2v) is 4.68. The van der Waals surface area contributed by atoms with Gasteiger partial charge in [0.25, 0.3) is 0 Å². The lowest BCUT2D eigenvalue weighted by atomic mass is 10.1. The molecule has 0 saturated carbocycles. The molecular weight excluding hydrogens is 194 g/mol. The molecule has 0 aromatic carbocycles. The maximum Gasteiger partial charge on any atom is 0.0798 e. The van der Waals surface area contributed by atoms with Crippen LogP contribution in [-0.2, 0) is 13.0 Å². The van der Waals surface area contributed by atoms with Gasteiger partial charge in [-0.05, 0) is 25.9 Å². The molecule has 4 heteroatoms. The van der Waals surface area contributed by atoms with Crippen molar-refractivity contribution in [2.24, 2.45) is 5.73 Å². The molecule has 0 atom stereocenters. The summed E-state index contributed by atoms with van der Waals surface area (Å²) in [5, 5.41) is 0. The van der Waals surface area contributed by atoms with Crippen molar-refractivity contribution in [3.63, 3.8) is 0 Å². The third-order valence-corrected chi connectivity index (χ3v) is 3.55. The van der Waals surface area contributed by atoms with Crippen LogP contribution in [0.5, 0.6) is 0 Å². The van der Waals surface area contributed by atoms with E-state index in [9.17, 15) is 0 Å². The van der Waals surface area contributed by atoms with Crippen molar-refractivity contribution in [2.45, 2.75) is 25.8 Å². The molecule has 0 unspecified atom stereocenters. The zero-order chi connectivity index (χ0) is 9.80. The number of fused-ring (bicyclic) bond motifs is 1. The summed E-state index contributed by atoms with van der Waals surface area (Å²) >= 11 is 1.79. The van der Waals surface area contributed by atoms with Crippen LogP contribution >= 0.6 is 11.3 Å². The molecule has 2 heterocycles. The number of hydrogen-bond acceptors (Lipinski definition) is 4. The van der Waals surface area contributed by atoms with Gasteiger partial charge in [0.15, 0.2) is 0 Å². The lowest BCUT2D eigenvalue weighted by Crippen LogP contribution is -2.31. The Bertz CT molecular complexity index is 285. The van der Waals surface area contributed by atoms with Crippen molar-refractivity contribution in [3.05, 3.63) is 16.1 Å². The summed E-state index contributed by atoms with van der Waals surface area (Å²) in [4.78, 5) is 8.33. The first kappa shape index (κ1) is 10.1. The minimum absolute atomic E-state index is 0.819. The van der Waals surface area contributed by atoms with Gasteiger partial charge in [-0.2, -0.15) is 0 Å². The Morgan fingerprint density at radius 1 is 1.50 bits per heavy atom. The summed E-state index contributed by atoms with van der Waals surface area (Å²) in [6, 6.07) is 0. The van der Waals surface area contributed by atoms with E-state index in [1.54, 1.807) is 11.3 Å². The highest BCUT2D eigenvalue weighted by molar-refractivity contribution is 7.09. The fourth-order valence-electron chi connectivity index (χ4n) is 1.84. The lowest BCUT2D eigenvalue weighted by Gasteiger charge is -2.25. The monoisotopic (exact) mass is 211 g/mol. The molecule has 14 heavy (non-hydrogen) atoms. The third kappa shape index (κ3) is 2.32. The van der Waals surface area contributed by atoms with Crippen molar-refractivity contribution < 1.29 is 0 Å². The molecule has 2 rings (SSSR count). The minimum Gasteiger partial charge on any atom is -0.330 e. The zero-order valence-electron chi connectivity index (χ0n) is 8.41. The normalized spacial score (nSPS) is 16.9. The van der Waals surface area contributed by atoms with Crippen LogP contribution in [0.15, 0.2) is 5.51 Å². The van der Waals surface area contributed by atoms with Crippen LogP contribution < -0.4 is 5.73 Å². The van der Waals surface area contributed by atoms with Crippen molar-refractivity contribution >= 4 is 11.3 Å². The van der Waals surface area contributed by atoms with Gasteiger partial charge in [0.2, 0.25) is 0 Å². The summed E-state index contributed by atoms with van der Waals surface area (Å²) in [6.07, 6.45) is 3.50. The first-order valence-electron chi connectivity index (χ1n) is 5.24. The Balaban J connectivity index is 1.82. The molecule has 0 bridgehead atoms. The fourth-order valence-corrected chi connectivity index (χ4v) is 2.70. The molecule has 1 aliphatic rings. The van der Waals surface area contributed by atoms with E-state index in [-0.39, 0.29) is 0 Å². The number of thiazole rings is 1. The number of aromatic nitrogens is 1. The van der Waals surface area contributed by atoms with Crippen molar-refractivity contribution in [2.75, 3.05) is 19.6 Å². The molecule has 1 aromatic rings. The summed E-state index contributed by atoms with van der Waals surface area (Å²) in [6.45, 7) is 4.28. The van der Waals surface area contributed by atoms with Gasteiger partial charge in [-0.25, -0.2) is 4.98 Å². The van der Waals surface area contributed by atoms with Gasteiger partial charge in [0, 0.05) is 24.4 Å². The Hall–Kier alpha value is -0.450. The molecule has 1 aliphatic heterocycles. The molecular formula is C10H17N3S. The number of nitrogens with zero attached hydrogens (tertiary/aromatic N) is 2. The SMILES string of the molecule is NCCCCN1CCc2ncsc2C1. The van der Waals surface area contributed by atoms with Crippen molar-refractivity contribution in [1.82, 2.24) is 9.88 Å². The van der Waals surface area contributed by atoms with Gasteiger partial charge in [-0.3, -0.25) is 4.90 Å². The van der Waals surface area contributed by atoms with E-state index in [0.717, 1.165) is 25.9 Å². The van der Waals surface area contributed by atoms with Gasteiger partial charge >= 0.3 is 0 Å². The highest BCUT2D eigenvalue weighted by atomic mass is 32.1. The smallest absolute Gasteiger partial charge is 0.0798 e. The van der Waals surface area contributed by atoms with E-state index in [1.807, 2.05) is 5.51 Å². The molecule has 1 aromatic heterocycles. The summed E-state index contributed by atoms with van der Waals surface area (Å²) in [7, 11) is 0.